The Balaban J connectivity index is 1.61. The van der Waals surface area contributed by atoms with Crippen molar-refractivity contribution in [1.29, 1.82) is 0 Å². The van der Waals surface area contributed by atoms with Crippen molar-refractivity contribution >= 4 is 0 Å². The lowest BCUT2D eigenvalue weighted by molar-refractivity contribution is -0.0456. The lowest BCUT2D eigenvalue weighted by atomic mass is 9.99. The zero-order valence-corrected chi connectivity index (χ0v) is 12.6. The van der Waals surface area contributed by atoms with E-state index >= 15 is 0 Å². The molecular formula is C15H26N4O. The molecule has 4 heterocycles. The highest BCUT2D eigenvalue weighted by atomic mass is 16.3. The van der Waals surface area contributed by atoms with E-state index in [-0.39, 0.29) is 12.1 Å². The number of fused-ring (bicyclic) bond motifs is 3. The Morgan fingerprint density at radius 3 is 2.70 bits per heavy atom. The standard InChI is InChI=1S/C15H26N4O/c1-3-12(2)19-5-4-13(16-19)10-15(20)14-11-17-6-8-18(14)9-7-17/h4-5,12,14-15,20H,3,6-11H2,1-2H3. The smallest absolute Gasteiger partial charge is 0.0763 e. The zero-order chi connectivity index (χ0) is 14.1. The lowest BCUT2D eigenvalue weighted by Crippen LogP contribution is -2.64. The van der Waals surface area contributed by atoms with Gasteiger partial charge in [-0.1, -0.05) is 6.92 Å². The van der Waals surface area contributed by atoms with E-state index in [4.69, 9.17) is 0 Å². The topological polar surface area (TPSA) is 44.5 Å². The molecule has 3 unspecified atom stereocenters. The first-order valence-electron chi connectivity index (χ1n) is 7.86. The third-order valence-corrected chi connectivity index (χ3v) is 4.89. The highest BCUT2D eigenvalue weighted by Crippen LogP contribution is 2.20. The van der Waals surface area contributed by atoms with Crippen molar-refractivity contribution in [2.24, 2.45) is 0 Å². The highest BCUT2D eigenvalue weighted by molar-refractivity contribution is 5.04. The third-order valence-electron chi connectivity index (χ3n) is 4.89. The molecule has 20 heavy (non-hydrogen) atoms. The van der Waals surface area contributed by atoms with Crippen molar-refractivity contribution in [1.82, 2.24) is 19.6 Å². The van der Waals surface area contributed by atoms with Crippen LogP contribution in [0.1, 0.15) is 32.0 Å². The molecule has 0 saturated carbocycles. The number of nitrogens with zero attached hydrogens (tertiary/aromatic N) is 4. The van der Waals surface area contributed by atoms with Crippen LogP contribution in [0.5, 0.6) is 0 Å². The lowest BCUT2D eigenvalue weighted by Gasteiger charge is -2.49. The molecule has 5 nitrogen and oxygen atoms in total. The number of rotatable bonds is 5. The molecule has 0 radical (unpaired) electrons. The number of aromatic nitrogens is 2. The maximum atomic E-state index is 10.5. The van der Waals surface area contributed by atoms with E-state index in [2.05, 4.69) is 28.7 Å². The SMILES string of the molecule is CCC(C)n1ccc(CC(O)C2CN3CCN2CC3)n1. The van der Waals surface area contributed by atoms with Crippen LogP contribution in [-0.4, -0.2) is 69.6 Å². The van der Waals surface area contributed by atoms with Crippen molar-refractivity contribution in [3.8, 4) is 0 Å². The van der Waals surface area contributed by atoms with E-state index in [0.29, 0.717) is 12.5 Å². The van der Waals surface area contributed by atoms with Crippen LogP contribution in [0.4, 0.5) is 0 Å². The Labute approximate surface area is 121 Å². The first-order chi connectivity index (χ1) is 9.67. The molecule has 3 aliphatic heterocycles. The molecule has 0 aliphatic carbocycles. The van der Waals surface area contributed by atoms with Crippen molar-refractivity contribution in [3.05, 3.63) is 18.0 Å². The molecular weight excluding hydrogens is 252 g/mol. The second kappa shape index (κ2) is 5.84. The van der Waals surface area contributed by atoms with Crippen molar-refractivity contribution in [2.45, 2.75) is 44.9 Å². The summed E-state index contributed by atoms with van der Waals surface area (Å²) in [7, 11) is 0. The zero-order valence-electron chi connectivity index (χ0n) is 12.6. The summed E-state index contributed by atoms with van der Waals surface area (Å²) in [5, 5.41) is 15.1. The van der Waals surface area contributed by atoms with Crippen LogP contribution in [0.15, 0.2) is 12.3 Å². The Bertz CT molecular complexity index is 439. The van der Waals surface area contributed by atoms with Crippen LogP contribution in [-0.2, 0) is 6.42 Å². The normalized spacial score (nSPS) is 32.2. The van der Waals surface area contributed by atoms with Gasteiger partial charge in [0.1, 0.15) is 0 Å². The van der Waals surface area contributed by atoms with E-state index in [0.717, 1.165) is 44.8 Å². The van der Waals surface area contributed by atoms with Gasteiger partial charge < -0.3 is 5.11 Å². The molecule has 2 bridgehead atoms. The molecule has 0 amide bonds. The van der Waals surface area contributed by atoms with Gasteiger partial charge in [0.15, 0.2) is 0 Å². The van der Waals surface area contributed by atoms with Gasteiger partial charge in [-0.15, -0.1) is 0 Å². The minimum absolute atomic E-state index is 0.284. The molecule has 5 heteroatoms. The number of hydrogen-bond acceptors (Lipinski definition) is 4. The van der Waals surface area contributed by atoms with Crippen LogP contribution in [0.25, 0.3) is 0 Å². The molecule has 1 aromatic heterocycles. The quantitative estimate of drug-likeness (QED) is 0.863. The van der Waals surface area contributed by atoms with Crippen LogP contribution in [0, 0.1) is 0 Å². The summed E-state index contributed by atoms with van der Waals surface area (Å²) in [5.41, 5.74) is 1.01. The van der Waals surface area contributed by atoms with Crippen molar-refractivity contribution in [2.75, 3.05) is 32.7 Å². The van der Waals surface area contributed by atoms with E-state index in [1.807, 2.05) is 16.9 Å². The second-order valence-electron chi connectivity index (χ2n) is 6.22. The van der Waals surface area contributed by atoms with Gasteiger partial charge in [-0.3, -0.25) is 14.5 Å². The fraction of sp³-hybridized carbons (Fsp3) is 0.800. The summed E-state index contributed by atoms with van der Waals surface area (Å²) in [5.74, 6) is 0. The summed E-state index contributed by atoms with van der Waals surface area (Å²) in [4.78, 5) is 4.90. The first kappa shape index (κ1) is 14.0. The van der Waals surface area contributed by atoms with Crippen LogP contribution >= 0.6 is 0 Å². The fourth-order valence-corrected chi connectivity index (χ4v) is 3.29. The summed E-state index contributed by atoms with van der Waals surface area (Å²) in [6.45, 7) is 9.87. The predicted molar refractivity (Wildman–Crippen MR) is 78.7 cm³/mol. The number of hydrogen-bond donors (Lipinski definition) is 1. The summed E-state index contributed by atoms with van der Waals surface area (Å²) >= 11 is 0. The maximum absolute atomic E-state index is 10.5. The van der Waals surface area contributed by atoms with Gasteiger partial charge in [0, 0.05) is 57.4 Å². The van der Waals surface area contributed by atoms with Gasteiger partial charge >= 0.3 is 0 Å². The third kappa shape index (κ3) is 2.75. The van der Waals surface area contributed by atoms with Crippen LogP contribution in [0.3, 0.4) is 0 Å². The summed E-state index contributed by atoms with van der Waals surface area (Å²) in [6.07, 6.45) is 3.47. The molecule has 3 saturated heterocycles. The minimum Gasteiger partial charge on any atom is -0.391 e. The number of aliphatic hydroxyl groups is 1. The maximum Gasteiger partial charge on any atom is 0.0763 e. The highest BCUT2D eigenvalue weighted by Gasteiger charge is 2.36. The molecule has 0 spiro atoms. The van der Waals surface area contributed by atoms with Gasteiger partial charge in [-0.2, -0.15) is 5.10 Å². The molecule has 112 valence electrons. The Morgan fingerprint density at radius 2 is 2.10 bits per heavy atom. The Morgan fingerprint density at radius 1 is 1.35 bits per heavy atom. The molecule has 3 aliphatic rings. The van der Waals surface area contributed by atoms with Crippen LogP contribution in [0.2, 0.25) is 0 Å². The minimum atomic E-state index is -0.307. The molecule has 1 aromatic rings. The van der Waals surface area contributed by atoms with Crippen molar-refractivity contribution < 1.29 is 5.11 Å². The molecule has 1 N–H and O–H groups in total. The number of aliphatic hydroxyl groups excluding tert-OH is 1. The fourth-order valence-electron chi connectivity index (χ4n) is 3.29. The molecule has 0 aromatic carbocycles. The van der Waals surface area contributed by atoms with E-state index in [9.17, 15) is 5.11 Å². The van der Waals surface area contributed by atoms with Crippen LogP contribution < -0.4 is 0 Å². The number of piperazine rings is 3. The average Bonchev–Trinajstić information content (AvgIpc) is 2.96. The van der Waals surface area contributed by atoms with Crippen molar-refractivity contribution in [3.63, 3.8) is 0 Å². The van der Waals surface area contributed by atoms with E-state index in [1.165, 1.54) is 0 Å². The monoisotopic (exact) mass is 278 g/mol. The summed E-state index contributed by atoms with van der Waals surface area (Å²) in [6, 6.07) is 2.76. The van der Waals surface area contributed by atoms with Gasteiger partial charge in [-0.05, 0) is 19.4 Å². The first-order valence-corrected chi connectivity index (χ1v) is 7.86. The predicted octanol–water partition coefficient (Wildman–Crippen LogP) is 0.757. The molecule has 4 rings (SSSR count). The Kier molecular flexibility index (Phi) is 4.10. The summed E-state index contributed by atoms with van der Waals surface area (Å²) < 4.78 is 2.01. The van der Waals surface area contributed by atoms with Gasteiger partial charge in [0.2, 0.25) is 0 Å². The molecule has 3 atom stereocenters. The average molecular weight is 278 g/mol. The Hall–Kier alpha value is -0.910. The van der Waals surface area contributed by atoms with Gasteiger partial charge in [0.25, 0.3) is 0 Å². The van der Waals surface area contributed by atoms with E-state index in [1.54, 1.807) is 0 Å². The van der Waals surface area contributed by atoms with Gasteiger partial charge in [-0.25, -0.2) is 0 Å². The molecule has 3 fully saturated rings. The second-order valence-corrected chi connectivity index (χ2v) is 6.22. The van der Waals surface area contributed by atoms with E-state index < -0.39 is 0 Å². The largest absolute Gasteiger partial charge is 0.391 e. The van der Waals surface area contributed by atoms with Gasteiger partial charge in [0.05, 0.1) is 11.8 Å².